The number of hydrogen-bond donors (Lipinski definition) is 1. The van der Waals surface area contributed by atoms with Crippen LogP contribution in [-0.4, -0.2) is 16.3 Å². The second-order valence-electron chi connectivity index (χ2n) is 5.35. The van der Waals surface area contributed by atoms with Crippen LogP contribution in [0, 0.1) is 19.7 Å². The lowest BCUT2D eigenvalue weighted by Crippen LogP contribution is -2.23. The molecule has 114 valence electrons. The standard InChI is InChI=1S/C16H21ClFN3/c1-5-19-15(12-6-10(2)7-13(18)8-12)9-14-11(3)20-21(4)16(14)17/h6-8,15,19H,5,9H2,1-4H3. The molecule has 5 heteroatoms. The molecule has 2 rings (SSSR count). The average molecular weight is 310 g/mol. The molecule has 1 heterocycles. The molecule has 0 saturated heterocycles. The maximum absolute atomic E-state index is 13.7. The summed E-state index contributed by atoms with van der Waals surface area (Å²) in [6, 6.07) is 5.15. The number of hydrogen-bond acceptors (Lipinski definition) is 2. The zero-order valence-electron chi connectivity index (χ0n) is 12.9. The van der Waals surface area contributed by atoms with Crippen LogP contribution in [0.25, 0.3) is 0 Å². The SMILES string of the molecule is CCNC(Cc1c(C)nn(C)c1Cl)c1cc(C)cc(F)c1. The Morgan fingerprint density at radius 1 is 1.33 bits per heavy atom. The van der Waals surface area contributed by atoms with Crippen molar-refractivity contribution >= 4 is 11.6 Å². The normalized spacial score (nSPS) is 12.7. The van der Waals surface area contributed by atoms with E-state index in [-0.39, 0.29) is 11.9 Å². The fourth-order valence-electron chi connectivity index (χ4n) is 2.63. The summed E-state index contributed by atoms with van der Waals surface area (Å²) in [4.78, 5) is 0. The third kappa shape index (κ3) is 3.63. The first-order valence-corrected chi connectivity index (χ1v) is 7.48. The second kappa shape index (κ2) is 6.58. The lowest BCUT2D eigenvalue weighted by molar-refractivity contribution is 0.541. The molecule has 0 amide bonds. The van der Waals surface area contributed by atoms with Gasteiger partial charge in [-0.15, -0.1) is 0 Å². The minimum absolute atomic E-state index is 0.0183. The van der Waals surface area contributed by atoms with Crippen LogP contribution >= 0.6 is 11.6 Å². The third-order valence-corrected chi connectivity index (χ3v) is 4.07. The van der Waals surface area contributed by atoms with Crippen molar-refractivity contribution in [2.75, 3.05) is 6.54 Å². The molecule has 0 aliphatic carbocycles. The number of aromatic nitrogens is 2. The molecule has 21 heavy (non-hydrogen) atoms. The van der Waals surface area contributed by atoms with Crippen molar-refractivity contribution in [1.82, 2.24) is 15.1 Å². The van der Waals surface area contributed by atoms with E-state index in [2.05, 4.69) is 10.4 Å². The number of halogens is 2. The first-order valence-electron chi connectivity index (χ1n) is 7.10. The molecular weight excluding hydrogens is 289 g/mol. The molecule has 0 fully saturated rings. The van der Waals surface area contributed by atoms with E-state index in [4.69, 9.17) is 11.6 Å². The molecule has 0 aliphatic heterocycles. The Hall–Kier alpha value is -1.39. The van der Waals surface area contributed by atoms with E-state index in [0.29, 0.717) is 11.6 Å². The van der Waals surface area contributed by atoms with Gasteiger partial charge in [-0.2, -0.15) is 5.10 Å². The summed E-state index contributed by atoms with van der Waals surface area (Å²) in [6.45, 7) is 6.69. The molecule has 1 aromatic heterocycles. The average Bonchev–Trinajstić information content (AvgIpc) is 2.63. The van der Waals surface area contributed by atoms with Gasteiger partial charge in [0.05, 0.1) is 5.69 Å². The highest BCUT2D eigenvalue weighted by Gasteiger charge is 2.18. The van der Waals surface area contributed by atoms with Crippen molar-refractivity contribution in [3.8, 4) is 0 Å². The zero-order chi connectivity index (χ0) is 15.6. The predicted molar refractivity (Wildman–Crippen MR) is 84.2 cm³/mol. The summed E-state index contributed by atoms with van der Waals surface area (Å²) < 4.78 is 15.3. The maximum atomic E-state index is 13.7. The first-order chi connectivity index (χ1) is 9.92. The Bertz CT molecular complexity index is 616. The van der Waals surface area contributed by atoms with Gasteiger partial charge in [0.2, 0.25) is 0 Å². The number of nitrogens with zero attached hydrogens (tertiary/aromatic N) is 2. The molecule has 0 spiro atoms. The molecule has 3 nitrogen and oxygen atoms in total. The third-order valence-electron chi connectivity index (χ3n) is 3.60. The van der Waals surface area contributed by atoms with Gasteiger partial charge >= 0.3 is 0 Å². The van der Waals surface area contributed by atoms with Gasteiger partial charge in [0.25, 0.3) is 0 Å². The summed E-state index contributed by atoms with van der Waals surface area (Å²) in [7, 11) is 1.83. The van der Waals surface area contributed by atoms with Gasteiger partial charge in [-0.25, -0.2) is 4.39 Å². The summed E-state index contributed by atoms with van der Waals surface area (Å²) in [6.07, 6.45) is 0.690. The zero-order valence-corrected chi connectivity index (χ0v) is 13.6. The van der Waals surface area contributed by atoms with E-state index in [9.17, 15) is 4.39 Å². The van der Waals surface area contributed by atoms with Gasteiger partial charge in [-0.3, -0.25) is 4.68 Å². The molecule has 0 bridgehead atoms. The predicted octanol–water partition coefficient (Wildman–Crippen LogP) is 3.72. The van der Waals surface area contributed by atoms with Crippen LogP contribution in [0.15, 0.2) is 18.2 Å². The van der Waals surface area contributed by atoms with Gasteiger partial charge in [0.1, 0.15) is 11.0 Å². The van der Waals surface area contributed by atoms with Crippen molar-refractivity contribution in [3.05, 3.63) is 51.6 Å². The number of nitrogens with one attached hydrogen (secondary N) is 1. The number of likely N-dealkylation sites (N-methyl/N-ethyl adjacent to an activating group) is 1. The van der Waals surface area contributed by atoms with E-state index >= 15 is 0 Å². The van der Waals surface area contributed by atoms with E-state index in [0.717, 1.165) is 28.9 Å². The Morgan fingerprint density at radius 2 is 2.05 bits per heavy atom. The van der Waals surface area contributed by atoms with Crippen LogP contribution in [0.3, 0.4) is 0 Å². The van der Waals surface area contributed by atoms with Gasteiger partial charge in [-0.05, 0) is 50.1 Å². The fourth-order valence-corrected chi connectivity index (χ4v) is 2.88. The van der Waals surface area contributed by atoms with Crippen LogP contribution in [0.4, 0.5) is 4.39 Å². The summed E-state index contributed by atoms with van der Waals surface area (Å²) in [5, 5.41) is 8.38. The highest BCUT2D eigenvalue weighted by Crippen LogP contribution is 2.26. The Morgan fingerprint density at radius 3 is 2.57 bits per heavy atom. The fraction of sp³-hybridized carbons (Fsp3) is 0.438. The minimum atomic E-state index is -0.207. The lowest BCUT2D eigenvalue weighted by atomic mass is 9.97. The topological polar surface area (TPSA) is 29.9 Å². The van der Waals surface area contributed by atoms with Gasteiger partial charge in [-0.1, -0.05) is 24.6 Å². The van der Waals surface area contributed by atoms with E-state index < -0.39 is 0 Å². The molecule has 1 N–H and O–H groups in total. The number of rotatable bonds is 5. The largest absolute Gasteiger partial charge is 0.310 e. The molecule has 0 radical (unpaired) electrons. The van der Waals surface area contributed by atoms with E-state index in [1.807, 2.05) is 33.9 Å². The molecule has 0 aliphatic rings. The summed E-state index contributed by atoms with van der Waals surface area (Å²) in [5.41, 5.74) is 3.78. The Balaban J connectivity index is 2.35. The molecule has 2 aromatic rings. The van der Waals surface area contributed by atoms with Crippen LogP contribution in [0.5, 0.6) is 0 Å². The van der Waals surface area contributed by atoms with Gasteiger partial charge in [0, 0.05) is 18.7 Å². The monoisotopic (exact) mass is 309 g/mol. The Kier molecular flexibility index (Phi) is 5.01. The van der Waals surface area contributed by atoms with Crippen LogP contribution < -0.4 is 5.32 Å². The smallest absolute Gasteiger partial charge is 0.130 e. The van der Waals surface area contributed by atoms with Gasteiger partial charge in [0.15, 0.2) is 0 Å². The van der Waals surface area contributed by atoms with Crippen molar-refractivity contribution in [2.45, 2.75) is 33.2 Å². The quantitative estimate of drug-likeness (QED) is 0.912. The lowest BCUT2D eigenvalue weighted by Gasteiger charge is -2.19. The van der Waals surface area contributed by atoms with Crippen LogP contribution in [0.2, 0.25) is 5.15 Å². The van der Waals surface area contributed by atoms with Crippen molar-refractivity contribution in [3.63, 3.8) is 0 Å². The van der Waals surface area contributed by atoms with Crippen molar-refractivity contribution in [2.24, 2.45) is 7.05 Å². The highest BCUT2D eigenvalue weighted by molar-refractivity contribution is 6.30. The van der Waals surface area contributed by atoms with E-state index in [1.165, 1.54) is 6.07 Å². The molecule has 0 saturated carbocycles. The van der Waals surface area contributed by atoms with Crippen molar-refractivity contribution < 1.29 is 4.39 Å². The second-order valence-corrected chi connectivity index (χ2v) is 5.71. The molecule has 1 aromatic carbocycles. The van der Waals surface area contributed by atoms with E-state index in [1.54, 1.807) is 10.7 Å². The summed E-state index contributed by atoms with van der Waals surface area (Å²) >= 11 is 6.31. The maximum Gasteiger partial charge on any atom is 0.130 e. The first kappa shape index (κ1) is 16.0. The van der Waals surface area contributed by atoms with Crippen LogP contribution in [-0.2, 0) is 13.5 Å². The van der Waals surface area contributed by atoms with Crippen molar-refractivity contribution in [1.29, 1.82) is 0 Å². The molecule has 1 unspecified atom stereocenters. The minimum Gasteiger partial charge on any atom is -0.310 e. The Labute approximate surface area is 130 Å². The highest BCUT2D eigenvalue weighted by atomic mass is 35.5. The summed E-state index contributed by atoms with van der Waals surface area (Å²) in [5.74, 6) is -0.207. The van der Waals surface area contributed by atoms with Gasteiger partial charge < -0.3 is 5.32 Å². The number of aryl methyl sites for hydroxylation is 3. The molecular formula is C16H21ClFN3. The molecule has 1 atom stereocenters. The van der Waals surface area contributed by atoms with Crippen LogP contribution in [0.1, 0.15) is 35.3 Å². The number of benzene rings is 1.